The summed E-state index contributed by atoms with van der Waals surface area (Å²) in [5.74, 6) is -0.0678. The number of urea groups is 1. The summed E-state index contributed by atoms with van der Waals surface area (Å²) in [6.45, 7) is 0.733. The van der Waals surface area contributed by atoms with Crippen molar-refractivity contribution in [3.05, 3.63) is 24.3 Å². The van der Waals surface area contributed by atoms with Crippen LogP contribution >= 0.6 is 0 Å². The van der Waals surface area contributed by atoms with Crippen LogP contribution in [0.5, 0.6) is 5.75 Å². The van der Waals surface area contributed by atoms with Crippen LogP contribution in [0.3, 0.4) is 0 Å². The molecule has 6 nitrogen and oxygen atoms in total. The number of carbonyl (C=O) groups excluding carboxylic acids is 2. The fourth-order valence-electron chi connectivity index (χ4n) is 2.47. The molecule has 2 aliphatic heterocycles. The number of rotatable bonds is 2. The highest BCUT2D eigenvalue weighted by atomic mass is 16.5. The van der Waals surface area contributed by atoms with Gasteiger partial charge in [0.25, 0.3) is 0 Å². The molecule has 2 aliphatic rings. The predicted molar refractivity (Wildman–Crippen MR) is 67.1 cm³/mol. The molecule has 1 aromatic carbocycles. The summed E-state index contributed by atoms with van der Waals surface area (Å²) in [5, 5.41) is 2.79. The summed E-state index contributed by atoms with van der Waals surface area (Å²) in [6.07, 6.45) is 0. The lowest BCUT2D eigenvalue weighted by molar-refractivity contribution is -0.122. The van der Waals surface area contributed by atoms with Gasteiger partial charge in [-0.05, 0) is 12.1 Å². The van der Waals surface area contributed by atoms with Crippen molar-refractivity contribution in [2.45, 2.75) is 6.04 Å². The van der Waals surface area contributed by atoms with Crippen LogP contribution in [0.1, 0.15) is 0 Å². The van der Waals surface area contributed by atoms with E-state index >= 15 is 0 Å². The Labute approximate surface area is 110 Å². The first-order valence-electron chi connectivity index (χ1n) is 6.07. The molecule has 1 aromatic rings. The van der Waals surface area contributed by atoms with Crippen LogP contribution in [0.15, 0.2) is 24.3 Å². The van der Waals surface area contributed by atoms with E-state index in [1.165, 1.54) is 7.11 Å². The largest absolute Gasteiger partial charge is 0.495 e. The van der Waals surface area contributed by atoms with Gasteiger partial charge in [-0.2, -0.15) is 0 Å². The Bertz CT molecular complexity index is 531. The van der Waals surface area contributed by atoms with Crippen molar-refractivity contribution in [3.8, 4) is 5.75 Å². The number of hydrogen-bond donors (Lipinski definition) is 1. The Kier molecular flexibility index (Phi) is 2.87. The smallest absolute Gasteiger partial charge is 0.329 e. The van der Waals surface area contributed by atoms with Gasteiger partial charge in [-0.25, -0.2) is 9.69 Å². The van der Waals surface area contributed by atoms with Crippen LogP contribution < -0.4 is 15.0 Å². The average Bonchev–Trinajstić information content (AvgIpc) is 2.87. The normalized spacial score (nSPS) is 26.1. The third-order valence-corrected chi connectivity index (χ3v) is 3.46. The number of anilines is 1. The molecule has 3 rings (SSSR count). The van der Waals surface area contributed by atoms with Crippen LogP contribution in [-0.4, -0.2) is 38.3 Å². The summed E-state index contributed by atoms with van der Waals surface area (Å²) in [5.41, 5.74) is 0.456. The molecule has 100 valence electrons. The minimum absolute atomic E-state index is 0.217. The lowest BCUT2D eigenvalue weighted by Gasteiger charge is -2.33. The molecule has 1 N–H and O–H groups in total. The van der Waals surface area contributed by atoms with Gasteiger partial charge in [-0.3, -0.25) is 4.79 Å². The van der Waals surface area contributed by atoms with E-state index in [0.717, 1.165) is 4.90 Å². The van der Waals surface area contributed by atoms with E-state index < -0.39 is 6.03 Å². The zero-order valence-corrected chi connectivity index (χ0v) is 10.5. The van der Waals surface area contributed by atoms with Gasteiger partial charge in [0.15, 0.2) is 0 Å². The van der Waals surface area contributed by atoms with Crippen LogP contribution in [-0.2, 0) is 9.53 Å². The molecule has 19 heavy (non-hydrogen) atoms. The molecule has 0 aromatic heterocycles. The van der Waals surface area contributed by atoms with Gasteiger partial charge in [-0.1, -0.05) is 12.1 Å². The molecule has 6 heteroatoms. The third-order valence-electron chi connectivity index (χ3n) is 3.46. The van der Waals surface area contributed by atoms with Crippen LogP contribution in [0, 0.1) is 5.92 Å². The maximum absolute atomic E-state index is 12.4. The van der Waals surface area contributed by atoms with Gasteiger partial charge in [0, 0.05) is 0 Å². The molecule has 2 fully saturated rings. The average molecular weight is 262 g/mol. The fourth-order valence-corrected chi connectivity index (χ4v) is 2.47. The number of benzene rings is 1. The van der Waals surface area contributed by atoms with Gasteiger partial charge in [0.2, 0.25) is 5.91 Å². The summed E-state index contributed by atoms with van der Waals surface area (Å²) >= 11 is 0. The molecule has 0 saturated carbocycles. The predicted octanol–water partition coefficient (Wildman–Crippen LogP) is 0.766. The van der Waals surface area contributed by atoms with Crippen molar-refractivity contribution in [1.29, 1.82) is 0 Å². The van der Waals surface area contributed by atoms with Gasteiger partial charge in [0.05, 0.1) is 38.0 Å². The van der Waals surface area contributed by atoms with Crippen molar-refractivity contribution in [3.63, 3.8) is 0 Å². The van der Waals surface area contributed by atoms with Gasteiger partial charge >= 0.3 is 6.03 Å². The van der Waals surface area contributed by atoms with E-state index in [9.17, 15) is 9.59 Å². The molecule has 0 radical (unpaired) electrons. The van der Waals surface area contributed by atoms with Crippen LogP contribution in [0.4, 0.5) is 10.5 Å². The maximum atomic E-state index is 12.4. The third kappa shape index (κ3) is 1.84. The van der Waals surface area contributed by atoms with Gasteiger partial charge in [0.1, 0.15) is 5.75 Å². The summed E-state index contributed by atoms with van der Waals surface area (Å²) in [4.78, 5) is 25.6. The van der Waals surface area contributed by atoms with Crippen molar-refractivity contribution < 1.29 is 19.1 Å². The van der Waals surface area contributed by atoms with E-state index in [-0.39, 0.29) is 17.9 Å². The number of methoxy groups -OCH3 is 1. The highest BCUT2D eigenvalue weighted by molar-refractivity contribution is 6.17. The van der Waals surface area contributed by atoms with Crippen molar-refractivity contribution >= 4 is 17.6 Å². The Morgan fingerprint density at radius 1 is 1.32 bits per heavy atom. The van der Waals surface area contributed by atoms with Crippen molar-refractivity contribution in [2.24, 2.45) is 5.92 Å². The molecular weight excluding hydrogens is 248 g/mol. The minimum Gasteiger partial charge on any atom is -0.495 e. The summed E-state index contributed by atoms with van der Waals surface area (Å²) in [6, 6.07) is 6.30. The molecule has 0 bridgehead atoms. The minimum atomic E-state index is -0.429. The number of fused-ring (bicyclic) bond motifs is 1. The van der Waals surface area contributed by atoms with E-state index in [1.807, 2.05) is 0 Å². The quantitative estimate of drug-likeness (QED) is 0.854. The van der Waals surface area contributed by atoms with Gasteiger partial charge < -0.3 is 14.8 Å². The molecular formula is C13H14N2O4. The number of carbonyl (C=O) groups is 2. The van der Waals surface area contributed by atoms with Crippen LogP contribution in [0.25, 0.3) is 0 Å². The summed E-state index contributed by atoms with van der Waals surface area (Å²) < 4.78 is 10.5. The van der Waals surface area contributed by atoms with E-state index in [2.05, 4.69) is 5.32 Å². The second-order valence-corrected chi connectivity index (χ2v) is 4.55. The fraction of sp³-hybridized carbons (Fsp3) is 0.385. The van der Waals surface area contributed by atoms with Crippen molar-refractivity contribution in [1.82, 2.24) is 5.32 Å². The molecule has 0 spiro atoms. The molecule has 2 atom stereocenters. The monoisotopic (exact) mass is 262 g/mol. The Balaban J connectivity index is 1.99. The number of para-hydroxylation sites is 2. The lowest BCUT2D eigenvalue weighted by atomic mass is 9.99. The van der Waals surface area contributed by atoms with Crippen molar-refractivity contribution in [2.75, 3.05) is 25.2 Å². The lowest BCUT2D eigenvalue weighted by Crippen LogP contribution is -2.60. The molecule has 2 saturated heterocycles. The molecule has 0 aliphatic carbocycles. The highest BCUT2D eigenvalue weighted by Crippen LogP contribution is 2.32. The number of nitrogens with zero attached hydrogens (tertiary/aromatic N) is 1. The first-order chi connectivity index (χ1) is 9.22. The first-order valence-corrected chi connectivity index (χ1v) is 6.07. The molecule has 2 heterocycles. The second-order valence-electron chi connectivity index (χ2n) is 4.55. The Morgan fingerprint density at radius 2 is 2.11 bits per heavy atom. The van der Waals surface area contributed by atoms with Crippen LogP contribution in [0.2, 0.25) is 0 Å². The number of amides is 3. The van der Waals surface area contributed by atoms with E-state index in [4.69, 9.17) is 9.47 Å². The molecule has 3 amide bonds. The Morgan fingerprint density at radius 3 is 2.89 bits per heavy atom. The highest BCUT2D eigenvalue weighted by Gasteiger charge is 2.45. The zero-order valence-electron chi connectivity index (χ0n) is 10.5. The topological polar surface area (TPSA) is 67.9 Å². The summed E-state index contributed by atoms with van der Waals surface area (Å²) in [7, 11) is 1.51. The van der Waals surface area contributed by atoms with Gasteiger partial charge in [-0.15, -0.1) is 0 Å². The molecule has 2 unspecified atom stereocenters. The number of ether oxygens (including phenoxy) is 2. The first kappa shape index (κ1) is 12.0. The standard InChI is InChI=1S/C13H14N2O4/c1-18-11-5-3-2-4-10(11)15-12(16)8-6-19-7-9(8)14-13(15)17/h2-5,8-9H,6-7H2,1H3,(H,14,17). The Hall–Kier alpha value is -2.08. The maximum Gasteiger partial charge on any atom is 0.329 e. The number of nitrogens with one attached hydrogen (secondary N) is 1. The number of imide groups is 1. The SMILES string of the molecule is COc1ccccc1N1C(=O)NC2COCC2C1=O. The number of hydrogen-bond acceptors (Lipinski definition) is 4. The second kappa shape index (κ2) is 4.55. The zero-order chi connectivity index (χ0) is 13.4. The van der Waals surface area contributed by atoms with E-state index in [0.29, 0.717) is 24.7 Å². The van der Waals surface area contributed by atoms with E-state index in [1.54, 1.807) is 24.3 Å².